The third-order valence-electron chi connectivity index (χ3n) is 1.30. The van der Waals surface area contributed by atoms with E-state index in [1.54, 1.807) is 0 Å². The average Bonchev–Trinajstić information content (AvgIpc) is 2.00. The first kappa shape index (κ1) is 9.63. The SMILES string of the molecule is CC.CC1C=NC(C)NC1. The monoisotopic (exact) mass is 142 g/mol. The highest BCUT2D eigenvalue weighted by Gasteiger charge is 2.05. The van der Waals surface area contributed by atoms with E-state index >= 15 is 0 Å². The van der Waals surface area contributed by atoms with Gasteiger partial charge in [0.1, 0.15) is 0 Å². The predicted molar refractivity (Wildman–Crippen MR) is 46.5 cm³/mol. The van der Waals surface area contributed by atoms with Crippen LogP contribution in [0.2, 0.25) is 0 Å². The van der Waals surface area contributed by atoms with Crippen LogP contribution in [0, 0.1) is 5.92 Å². The van der Waals surface area contributed by atoms with Crippen LogP contribution in [0.5, 0.6) is 0 Å². The van der Waals surface area contributed by atoms with Crippen LogP contribution < -0.4 is 5.32 Å². The Hall–Kier alpha value is -0.370. The van der Waals surface area contributed by atoms with E-state index < -0.39 is 0 Å². The van der Waals surface area contributed by atoms with Crippen LogP contribution in [0.1, 0.15) is 27.7 Å². The lowest BCUT2D eigenvalue weighted by molar-refractivity contribution is 0.508. The molecule has 2 unspecified atom stereocenters. The summed E-state index contributed by atoms with van der Waals surface area (Å²) in [7, 11) is 0. The van der Waals surface area contributed by atoms with Crippen LogP contribution in [0.4, 0.5) is 0 Å². The number of rotatable bonds is 0. The zero-order valence-corrected chi connectivity index (χ0v) is 7.39. The minimum Gasteiger partial charge on any atom is -0.295 e. The van der Waals surface area contributed by atoms with Gasteiger partial charge in [0.15, 0.2) is 0 Å². The van der Waals surface area contributed by atoms with Crippen LogP contribution in [0.3, 0.4) is 0 Å². The normalized spacial score (nSPS) is 30.8. The van der Waals surface area contributed by atoms with Gasteiger partial charge in [0.2, 0.25) is 0 Å². The zero-order valence-electron chi connectivity index (χ0n) is 7.39. The Kier molecular flexibility index (Phi) is 5.22. The van der Waals surface area contributed by atoms with Crippen molar-refractivity contribution in [2.75, 3.05) is 6.54 Å². The van der Waals surface area contributed by atoms with Crippen LogP contribution in [-0.4, -0.2) is 18.9 Å². The highest BCUT2D eigenvalue weighted by atomic mass is 15.1. The van der Waals surface area contributed by atoms with Gasteiger partial charge in [-0.2, -0.15) is 0 Å². The van der Waals surface area contributed by atoms with Crippen molar-refractivity contribution in [2.45, 2.75) is 33.9 Å². The van der Waals surface area contributed by atoms with Crippen molar-refractivity contribution in [3.8, 4) is 0 Å². The van der Waals surface area contributed by atoms with Gasteiger partial charge in [-0.25, -0.2) is 0 Å². The maximum Gasteiger partial charge on any atom is 0.0962 e. The van der Waals surface area contributed by atoms with Crippen molar-refractivity contribution in [2.24, 2.45) is 10.9 Å². The largest absolute Gasteiger partial charge is 0.295 e. The molecule has 0 aromatic rings. The first-order valence-corrected chi connectivity index (χ1v) is 4.05. The van der Waals surface area contributed by atoms with Crippen molar-refractivity contribution in [3.05, 3.63) is 0 Å². The summed E-state index contributed by atoms with van der Waals surface area (Å²) < 4.78 is 0. The van der Waals surface area contributed by atoms with Crippen LogP contribution >= 0.6 is 0 Å². The van der Waals surface area contributed by atoms with Crippen LogP contribution in [-0.2, 0) is 0 Å². The van der Waals surface area contributed by atoms with Gasteiger partial charge in [-0.3, -0.25) is 10.3 Å². The van der Waals surface area contributed by atoms with Gasteiger partial charge in [0.25, 0.3) is 0 Å². The summed E-state index contributed by atoms with van der Waals surface area (Å²) in [5, 5.41) is 3.23. The van der Waals surface area contributed by atoms with Crippen LogP contribution in [0.15, 0.2) is 4.99 Å². The highest BCUT2D eigenvalue weighted by molar-refractivity contribution is 5.61. The summed E-state index contributed by atoms with van der Waals surface area (Å²) in [4.78, 5) is 4.17. The first-order valence-electron chi connectivity index (χ1n) is 4.05. The zero-order chi connectivity index (χ0) is 7.98. The Morgan fingerprint density at radius 2 is 2.00 bits per heavy atom. The molecule has 0 radical (unpaired) electrons. The summed E-state index contributed by atoms with van der Waals surface area (Å²) in [5.41, 5.74) is 0. The van der Waals surface area contributed by atoms with Crippen LogP contribution in [0.25, 0.3) is 0 Å². The molecule has 0 aromatic heterocycles. The predicted octanol–water partition coefficient (Wildman–Crippen LogP) is 1.67. The summed E-state index contributed by atoms with van der Waals surface area (Å²) in [6, 6.07) is 0. The molecule has 0 aliphatic carbocycles. The Labute approximate surface area is 63.7 Å². The van der Waals surface area contributed by atoms with Gasteiger partial charge in [-0.15, -0.1) is 0 Å². The molecule has 1 heterocycles. The van der Waals surface area contributed by atoms with E-state index in [0.717, 1.165) is 6.54 Å². The summed E-state index contributed by atoms with van der Waals surface area (Å²) in [6.07, 6.45) is 2.35. The second-order valence-corrected chi connectivity index (χ2v) is 2.36. The first-order chi connectivity index (χ1) is 4.79. The molecule has 0 spiro atoms. The molecule has 0 amide bonds. The number of nitrogens with one attached hydrogen (secondary N) is 1. The van der Waals surface area contributed by atoms with Gasteiger partial charge >= 0.3 is 0 Å². The summed E-state index contributed by atoms with van der Waals surface area (Å²) in [5.74, 6) is 0.617. The molecule has 0 bridgehead atoms. The van der Waals surface area contributed by atoms with E-state index in [2.05, 4.69) is 24.2 Å². The molecule has 1 aliphatic heterocycles. The van der Waals surface area contributed by atoms with E-state index in [-0.39, 0.29) is 0 Å². The van der Waals surface area contributed by atoms with Gasteiger partial charge in [0, 0.05) is 18.7 Å². The van der Waals surface area contributed by atoms with E-state index in [9.17, 15) is 0 Å². The summed E-state index contributed by atoms with van der Waals surface area (Å²) in [6.45, 7) is 9.29. The molecule has 10 heavy (non-hydrogen) atoms. The number of hydrogen-bond acceptors (Lipinski definition) is 2. The molecular formula is C8H18N2. The molecule has 1 rings (SSSR count). The second-order valence-electron chi connectivity index (χ2n) is 2.36. The molecule has 0 fully saturated rings. The molecule has 1 N–H and O–H groups in total. The third kappa shape index (κ3) is 3.62. The van der Waals surface area contributed by atoms with E-state index in [0.29, 0.717) is 12.1 Å². The summed E-state index contributed by atoms with van der Waals surface area (Å²) >= 11 is 0. The lowest BCUT2D eigenvalue weighted by Gasteiger charge is -2.17. The lowest BCUT2D eigenvalue weighted by atomic mass is 10.2. The number of hydrogen-bond donors (Lipinski definition) is 1. The minimum absolute atomic E-state index is 0.339. The van der Waals surface area contributed by atoms with Gasteiger partial charge in [0.05, 0.1) is 6.17 Å². The van der Waals surface area contributed by atoms with Crippen molar-refractivity contribution in [1.29, 1.82) is 0 Å². The van der Waals surface area contributed by atoms with Gasteiger partial charge in [-0.05, 0) is 6.92 Å². The number of aliphatic imine (C=N–C) groups is 1. The Morgan fingerprint density at radius 3 is 2.30 bits per heavy atom. The average molecular weight is 142 g/mol. The Morgan fingerprint density at radius 1 is 1.40 bits per heavy atom. The van der Waals surface area contributed by atoms with E-state index in [1.807, 2.05) is 20.1 Å². The lowest BCUT2D eigenvalue weighted by Crippen LogP contribution is -2.33. The maximum atomic E-state index is 4.17. The standard InChI is InChI=1S/C6H12N2.C2H6/c1-5-3-7-6(2)8-4-5;1-2/h3,5-6,8H,4H2,1-2H3;1-2H3. The fraction of sp³-hybridized carbons (Fsp3) is 0.875. The van der Waals surface area contributed by atoms with Crippen molar-refractivity contribution < 1.29 is 0 Å². The maximum absolute atomic E-state index is 4.17. The second kappa shape index (κ2) is 5.42. The van der Waals surface area contributed by atoms with Crippen molar-refractivity contribution in [1.82, 2.24) is 5.32 Å². The molecule has 1 aliphatic rings. The molecule has 0 aromatic carbocycles. The minimum atomic E-state index is 0.339. The van der Waals surface area contributed by atoms with E-state index in [4.69, 9.17) is 0 Å². The Bertz CT molecular complexity index is 87.4. The molecule has 0 saturated heterocycles. The quantitative estimate of drug-likeness (QED) is 0.546. The molecule has 0 saturated carbocycles. The Balaban J connectivity index is 0.000000371. The third-order valence-corrected chi connectivity index (χ3v) is 1.30. The number of nitrogens with zero attached hydrogens (tertiary/aromatic N) is 1. The fourth-order valence-corrected chi connectivity index (χ4v) is 0.738. The van der Waals surface area contributed by atoms with Crippen molar-refractivity contribution in [3.63, 3.8) is 0 Å². The van der Waals surface area contributed by atoms with Crippen molar-refractivity contribution >= 4 is 6.21 Å². The topological polar surface area (TPSA) is 24.4 Å². The smallest absolute Gasteiger partial charge is 0.0962 e. The molecule has 2 nitrogen and oxygen atoms in total. The molecule has 2 heteroatoms. The van der Waals surface area contributed by atoms with E-state index in [1.165, 1.54) is 0 Å². The molecule has 60 valence electrons. The molecule has 2 atom stereocenters. The fourth-order valence-electron chi connectivity index (χ4n) is 0.738. The molecular weight excluding hydrogens is 124 g/mol. The van der Waals surface area contributed by atoms with Gasteiger partial charge in [-0.1, -0.05) is 20.8 Å². The van der Waals surface area contributed by atoms with Gasteiger partial charge < -0.3 is 0 Å². The highest BCUT2D eigenvalue weighted by Crippen LogP contribution is 1.96.